The Bertz CT molecular complexity index is 670. The third-order valence-corrected chi connectivity index (χ3v) is 6.86. The van der Waals surface area contributed by atoms with Gasteiger partial charge in [-0.15, -0.1) is 11.3 Å². The minimum Gasteiger partial charge on any atom is -0.347 e. The number of alkyl halides is 3. The van der Waals surface area contributed by atoms with Gasteiger partial charge in [0.05, 0.1) is 5.92 Å². The van der Waals surface area contributed by atoms with Crippen LogP contribution in [0.25, 0.3) is 0 Å². The molecular weight excluding hydrogens is 353 g/mol. The topological polar surface area (TPSA) is 66.5 Å². The molecule has 10 heteroatoms. The van der Waals surface area contributed by atoms with Crippen LogP contribution in [0.3, 0.4) is 0 Å². The smallest absolute Gasteiger partial charge is 0.347 e. The number of carbonyl (C=O) groups is 1. The predicted octanol–water partition coefficient (Wildman–Crippen LogP) is 2.14. The number of nitrogens with one attached hydrogen (secondary N) is 1. The Kier molecular flexibility index (Phi) is 5.37. The molecule has 0 aliphatic carbocycles. The van der Waals surface area contributed by atoms with Gasteiger partial charge in [0.1, 0.15) is 10.8 Å². The number of thiophene rings is 1. The minimum atomic E-state index is -4.48. The number of hydrogen-bond donors (Lipinski definition) is 1. The predicted molar refractivity (Wildman–Crippen MR) is 79.6 cm³/mol. The molecule has 1 aliphatic rings. The second kappa shape index (κ2) is 6.78. The SMILES string of the molecule is Cc1ccc(S(=O)(=O)N2CCC[C@@H](C(=O)NCC(F)(F)F)C2)s1. The van der Waals surface area contributed by atoms with Crippen LogP contribution in [0.15, 0.2) is 16.3 Å². The van der Waals surface area contributed by atoms with Gasteiger partial charge < -0.3 is 5.32 Å². The number of hydrogen-bond acceptors (Lipinski definition) is 4. The van der Waals surface area contributed by atoms with Gasteiger partial charge in [-0.3, -0.25) is 4.79 Å². The van der Waals surface area contributed by atoms with Crippen molar-refractivity contribution in [2.45, 2.75) is 30.2 Å². The van der Waals surface area contributed by atoms with E-state index in [2.05, 4.69) is 0 Å². The summed E-state index contributed by atoms with van der Waals surface area (Å²) in [7, 11) is -3.70. The van der Waals surface area contributed by atoms with Crippen molar-refractivity contribution in [3.8, 4) is 0 Å². The molecule has 0 saturated carbocycles. The maximum Gasteiger partial charge on any atom is 0.405 e. The van der Waals surface area contributed by atoms with E-state index in [1.54, 1.807) is 13.0 Å². The van der Waals surface area contributed by atoms with Crippen LogP contribution in [0, 0.1) is 12.8 Å². The number of halogens is 3. The molecule has 23 heavy (non-hydrogen) atoms. The van der Waals surface area contributed by atoms with Gasteiger partial charge in [0.2, 0.25) is 5.91 Å². The highest BCUT2D eigenvalue weighted by molar-refractivity contribution is 7.91. The second-order valence-electron chi connectivity index (χ2n) is 5.40. The van der Waals surface area contributed by atoms with Crippen molar-refractivity contribution < 1.29 is 26.4 Å². The van der Waals surface area contributed by atoms with Gasteiger partial charge in [0.25, 0.3) is 10.0 Å². The summed E-state index contributed by atoms with van der Waals surface area (Å²) in [5.74, 6) is -1.52. The molecular formula is C13H17F3N2O3S2. The molecule has 1 aromatic heterocycles. The molecule has 0 aromatic carbocycles. The van der Waals surface area contributed by atoms with Gasteiger partial charge in [-0.25, -0.2) is 8.42 Å². The molecule has 1 atom stereocenters. The lowest BCUT2D eigenvalue weighted by Crippen LogP contribution is -2.46. The molecule has 1 amide bonds. The molecule has 0 spiro atoms. The zero-order valence-electron chi connectivity index (χ0n) is 12.4. The lowest BCUT2D eigenvalue weighted by atomic mass is 9.99. The van der Waals surface area contributed by atoms with Crippen LogP contribution >= 0.6 is 11.3 Å². The van der Waals surface area contributed by atoms with Crippen LogP contribution in [-0.4, -0.2) is 44.4 Å². The molecule has 5 nitrogen and oxygen atoms in total. The Morgan fingerprint density at radius 3 is 2.70 bits per heavy atom. The monoisotopic (exact) mass is 370 g/mol. The van der Waals surface area contributed by atoms with E-state index in [9.17, 15) is 26.4 Å². The lowest BCUT2D eigenvalue weighted by Gasteiger charge is -2.30. The van der Waals surface area contributed by atoms with Gasteiger partial charge in [-0.2, -0.15) is 17.5 Å². The van der Waals surface area contributed by atoms with Crippen molar-refractivity contribution in [2.24, 2.45) is 5.92 Å². The average Bonchev–Trinajstić information content (AvgIpc) is 2.91. The van der Waals surface area contributed by atoms with Crippen LogP contribution < -0.4 is 5.32 Å². The third kappa shape index (κ3) is 4.67. The number of nitrogens with zero attached hydrogens (tertiary/aromatic N) is 1. The van der Waals surface area contributed by atoms with Crippen molar-refractivity contribution in [3.05, 3.63) is 17.0 Å². The molecule has 0 unspecified atom stereocenters. The molecule has 0 bridgehead atoms. The van der Waals surface area contributed by atoms with E-state index in [1.807, 2.05) is 5.32 Å². The van der Waals surface area contributed by atoms with E-state index in [1.165, 1.54) is 10.4 Å². The summed E-state index contributed by atoms with van der Waals surface area (Å²) in [4.78, 5) is 12.7. The summed E-state index contributed by atoms with van der Waals surface area (Å²) in [5.41, 5.74) is 0. The van der Waals surface area contributed by atoms with E-state index >= 15 is 0 Å². The fourth-order valence-electron chi connectivity index (χ4n) is 2.38. The van der Waals surface area contributed by atoms with Crippen molar-refractivity contribution >= 4 is 27.3 Å². The quantitative estimate of drug-likeness (QED) is 0.883. The van der Waals surface area contributed by atoms with Gasteiger partial charge in [0, 0.05) is 18.0 Å². The molecule has 1 aromatic rings. The van der Waals surface area contributed by atoms with Crippen molar-refractivity contribution in [2.75, 3.05) is 19.6 Å². The van der Waals surface area contributed by atoms with Crippen LogP contribution in [0.4, 0.5) is 13.2 Å². The molecule has 130 valence electrons. The molecule has 1 N–H and O–H groups in total. The number of amides is 1. The summed E-state index contributed by atoms with van der Waals surface area (Å²) in [6, 6.07) is 3.19. The number of sulfonamides is 1. The normalized spacial score (nSPS) is 20.4. The maximum atomic E-state index is 12.5. The summed E-state index contributed by atoms with van der Waals surface area (Å²) < 4.78 is 62.8. The number of piperidine rings is 1. The summed E-state index contributed by atoms with van der Waals surface area (Å²) in [6.45, 7) is 0.553. The lowest BCUT2D eigenvalue weighted by molar-refractivity contribution is -0.141. The molecule has 2 rings (SSSR count). The van der Waals surface area contributed by atoms with Crippen LogP contribution in [0.2, 0.25) is 0 Å². The Balaban J connectivity index is 2.04. The molecule has 1 fully saturated rings. The van der Waals surface area contributed by atoms with E-state index in [0.717, 1.165) is 16.2 Å². The van der Waals surface area contributed by atoms with Gasteiger partial charge in [-0.1, -0.05) is 0 Å². The molecule has 1 saturated heterocycles. The second-order valence-corrected chi connectivity index (χ2v) is 8.85. The van der Waals surface area contributed by atoms with Crippen molar-refractivity contribution in [1.29, 1.82) is 0 Å². The highest BCUT2D eigenvalue weighted by atomic mass is 32.2. The standard InChI is InChI=1S/C13H17F3N2O3S2/c1-9-4-5-11(22-9)23(20,21)18-6-2-3-10(7-18)12(19)17-8-13(14,15)16/h4-5,10H,2-3,6-8H2,1H3,(H,17,19)/t10-/m1/s1. The first-order valence-corrected chi connectivity index (χ1v) is 9.26. The van der Waals surface area contributed by atoms with Crippen molar-refractivity contribution in [3.63, 3.8) is 0 Å². The first kappa shape index (κ1) is 18.2. The first-order valence-electron chi connectivity index (χ1n) is 7.00. The first-order chi connectivity index (χ1) is 10.6. The number of carbonyl (C=O) groups excluding carboxylic acids is 1. The van der Waals surface area contributed by atoms with Gasteiger partial charge >= 0.3 is 6.18 Å². The Morgan fingerprint density at radius 1 is 1.43 bits per heavy atom. The summed E-state index contributed by atoms with van der Waals surface area (Å²) >= 11 is 1.13. The number of rotatable bonds is 4. The fourth-order valence-corrected chi connectivity index (χ4v) is 5.35. The fraction of sp³-hybridized carbons (Fsp3) is 0.615. The van der Waals surface area contributed by atoms with Gasteiger partial charge in [-0.05, 0) is 31.9 Å². The molecule has 1 aliphatic heterocycles. The largest absolute Gasteiger partial charge is 0.405 e. The highest BCUT2D eigenvalue weighted by Crippen LogP contribution is 2.28. The Morgan fingerprint density at radius 2 is 2.13 bits per heavy atom. The minimum absolute atomic E-state index is 0.0943. The number of aryl methyl sites for hydroxylation is 1. The maximum absolute atomic E-state index is 12.5. The van der Waals surface area contributed by atoms with E-state index in [4.69, 9.17) is 0 Å². The van der Waals surface area contributed by atoms with Gasteiger partial charge in [0.15, 0.2) is 0 Å². The van der Waals surface area contributed by atoms with Crippen LogP contribution in [0.5, 0.6) is 0 Å². The van der Waals surface area contributed by atoms with E-state index in [-0.39, 0.29) is 17.3 Å². The molecule has 2 heterocycles. The summed E-state index contributed by atoms with van der Waals surface area (Å²) in [6.07, 6.45) is -3.67. The Hall–Kier alpha value is -1.13. The zero-order chi connectivity index (χ0) is 17.3. The average molecular weight is 370 g/mol. The highest BCUT2D eigenvalue weighted by Gasteiger charge is 2.35. The van der Waals surface area contributed by atoms with Crippen LogP contribution in [0.1, 0.15) is 17.7 Å². The van der Waals surface area contributed by atoms with Crippen LogP contribution in [-0.2, 0) is 14.8 Å². The summed E-state index contributed by atoms with van der Waals surface area (Å²) in [5, 5.41) is 1.83. The molecule has 0 radical (unpaired) electrons. The third-order valence-electron chi connectivity index (χ3n) is 3.53. The Labute approximate surface area is 136 Å². The van der Waals surface area contributed by atoms with E-state index in [0.29, 0.717) is 12.8 Å². The zero-order valence-corrected chi connectivity index (χ0v) is 14.0. The van der Waals surface area contributed by atoms with Crippen molar-refractivity contribution in [1.82, 2.24) is 9.62 Å². The van der Waals surface area contributed by atoms with E-state index < -0.39 is 34.6 Å².